The van der Waals surface area contributed by atoms with Gasteiger partial charge in [0, 0.05) is 12.0 Å². The largest absolute Gasteiger partial charge is 0.465 e. The molecule has 0 saturated carbocycles. The monoisotopic (exact) mass is 276 g/mol. The van der Waals surface area contributed by atoms with E-state index in [2.05, 4.69) is 0 Å². The van der Waals surface area contributed by atoms with Crippen LogP contribution in [-0.4, -0.2) is 18.0 Å². The summed E-state index contributed by atoms with van der Waals surface area (Å²) in [7, 11) is 0. The minimum Gasteiger partial charge on any atom is -0.465 e. The summed E-state index contributed by atoms with van der Waals surface area (Å²) < 4.78 is 48.5. The molecule has 1 aromatic rings. The summed E-state index contributed by atoms with van der Waals surface area (Å²) in [5, 5.41) is 9.15. The van der Waals surface area contributed by atoms with E-state index in [0.717, 1.165) is 25.0 Å². The van der Waals surface area contributed by atoms with Gasteiger partial charge in [-0.3, -0.25) is 0 Å². The van der Waals surface area contributed by atoms with Crippen LogP contribution in [-0.2, 0) is 17.5 Å². The molecule has 1 saturated heterocycles. The summed E-state index contributed by atoms with van der Waals surface area (Å²) in [6.07, 6.45) is -2.26. The molecule has 106 valence electrons. The Balaban J connectivity index is 2.16. The number of rotatable bonds is 3. The lowest BCUT2D eigenvalue weighted by atomic mass is 10.1. The lowest BCUT2D eigenvalue weighted by Gasteiger charge is -2.24. The number of aliphatic hydroxyl groups is 1. The van der Waals surface area contributed by atoms with Gasteiger partial charge in [0.05, 0.1) is 18.8 Å². The Morgan fingerprint density at radius 1 is 1.32 bits per heavy atom. The van der Waals surface area contributed by atoms with Crippen LogP contribution < -0.4 is 4.74 Å². The molecule has 1 N–H and O–H groups in total. The van der Waals surface area contributed by atoms with Crippen LogP contribution in [0.2, 0.25) is 0 Å². The molecule has 3 nitrogen and oxygen atoms in total. The zero-order valence-electron chi connectivity index (χ0n) is 10.2. The third-order valence-corrected chi connectivity index (χ3v) is 2.95. The average molecular weight is 276 g/mol. The zero-order valence-corrected chi connectivity index (χ0v) is 10.2. The second-order valence-corrected chi connectivity index (χ2v) is 4.39. The van der Waals surface area contributed by atoms with Crippen LogP contribution in [0, 0.1) is 0 Å². The van der Waals surface area contributed by atoms with E-state index in [0.29, 0.717) is 13.0 Å². The third-order valence-electron chi connectivity index (χ3n) is 2.95. The molecule has 0 aromatic heterocycles. The fourth-order valence-electron chi connectivity index (χ4n) is 1.94. The Hall–Kier alpha value is -1.27. The Kier molecular flexibility index (Phi) is 4.31. The molecule has 1 aromatic carbocycles. The van der Waals surface area contributed by atoms with Gasteiger partial charge in [0.2, 0.25) is 0 Å². The highest BCUT2D eigenvalue weighted by Gasteiger charge is 2.31. The number of ether oxygens (including phenoxy) is 2. The van der Waals surface area contributed by atoms with Gasteiger partial charge in [-0.25, -0.2) is 0 Å². The second-order valence-electron chi connectivity index (χ2n) is 4.39. The van der Waals surface area contributed by atoms with Crippen molar-refractivity contribution >= 4 is 0 Å². The maximum absolute atomic E-state index is 12.5. The van der Waals surface area contributed by atoms with Gasteiger partial charge in [-0.05, 0) is 31.0 Å². The molecule has 0 aliphatic carbocycles. The van der Waals surface area contributed by atoms with E-state index in [9.17, 15) is 13.2 Å². The van der Waals surface area contributed by atoms with Crippen LogP contribution in [0.15, 0.2) is 18.2 Å². The van der Waals surface area contributed by atoms with Crippen molar-refractivity contribution in [2.45, 2.75) is 38.3 Å². The lowest BCUT2D eigenvalue weighted by molar-refractivity contribution is -0.137. The first-order valence-corrected chi connectivity index (χ1v) is 6.10. The van der Waals surface area contributed by atoms with Crippen molar-refractivity contribution in [1.82, 2.24) is 0 Å². The first kappa shape index (κ1) is 14.1. The molecular formula is C13H15F3O3. The minimum atomic E-state index is -4.43. The Labute approximate surface area is 108 Å². The van der Waals surface area contributed by atoms with Crippen molar-refractivity contribution in [2.24, 2.45) is 0 Å². The van der Waals surface area contributed by atoms with Crippen LogP contribution in [0.4, 0.5) is 13.2 Å². The predicted octanol–water partition coefficient (Wildman–Crippen LogP) is 3.10. The molecule has 1 fully saturated rings. The molecule has 1 heterocycles. The maximum atomic E-state index is 12.5. The van der Waals surface area contributed by atoms with Gasteiger partial charge in [0.25, 0.3) is 0 Å². The van der Waals surface area contributed by atoms with Crippen molar-refractivity contribution in [1.29, 1.82) is 0 Å². The molecule has 1 aliphatic rings. The van der Waals surface area contributed by atoms with E-state index in [1.165, 1.54) is 6.07 Å². The first-order valence-electron chi connectivity index (χ1n) is 6.10. The summed E-state index contributed by atoms with van der Waals surface area (Å²) in [4.78, 5) is 0. The van der Waals surface area contributed by atoms with E-state index >= 15 is 0 Å². The van der Waals surface area contributed by atoms with E-state index in [4.69, 9.17) is 14.6 Å². The number of alkyl halides is 3. The Bertz CT molecular complexity index is 426. The molecule has 2 rings (SSSR count). The smallest absolute Gasteiger partial charge is 0.416 e. The van der Waals surface area contributed by atoms with Crippen molar-refractivity contribution in [2.75, 3.05) is 6.61 Å². The van der Waals surface area contributed by atoms with Gasteiger partial charge in [-0.15, -0.1) is 0 Å². The first-order chi connectivity index (χ1) is 9.00. The molecule has 0 radical (unpaired) electrons. The SMILES string of the molecule is OCc1cc(C(F)(F)F)ccc1OC1CCCCO1. The summed E-state index contributed by atoms with van der Waals surface area (Å²) in [6, 6.07) is 3.07. The Morgan fingerprint density at radius 2 is 2.11 bits per heavy atom. The van der Waals surface area contributed by atoms with Gasteiger partial charge in [-0.2, -0.15) is 13.2 Å². The normalized spacial score (nSPS) is 20.3. The van der Waals surface area contributed by atoms with Crippen molar-refractivity contribution < 1.29 is 27.8 Å². The standard InChI is InChI=1S/C13H15F3O3/c14-13(15,16)10-4-5-11(9(7-10)8-17)19-12-3-1-2-6-18-12/h4-5,7,12,17H,1-3,6,8H2. The van der Waals surface area contributed by atoms with E-state index < -0.39 is 24.6 Å². The minimum absolute atomic E-state index is 0.115. The molecular weight excluding hydrogens is 261 g/mol. The molecule has 0 amide bonds. The van der Waals surface area contributed by atoms with Crippen LogP contribution in [0.1, 0.15) is 30.4 Å². The topological polar surface area (TPSA) is 38.7 Å². The fourth-order valence-corrected chi connectivity index (χ4v) is 1.94. The van der Waals surface area contributed by atoms with Gasteiger partial charge in [-0.1, -0.05) is 0 Å². The maximum Gasteiger partial charge on any atom is 0.416 e. The van der Waals surface area contributed by atoms with Crippen molar-refractivity contribution in [3.63, 3.8) is 0 Å². The van der Waals surface area contributed by atoms with Crippen LogP contribution in [0.3, 0.4) is 0 Å². The van der Waals surface area contributed by atoms with Crippen molar-refractivity contribution in [3.8, 4) is 5.75 Å². The molecule has 1 unspecified atom stereocenters. The molecule has 0 bridgehead atoms. The number of aliphatic hydroxyl groups excluding tert-OH is 1. The number of halogens is 3. The fraction of sp³-hybridized carbons (Fsp3) is 0.538. The summed E-state index contributed by atoms with van der Waals surface area (Å²) >= 11 is 0. The predicted molar refractivity (Wildman–Crippen MR) is 61.6 cm³/mol. The second kappa shape index (κ2) is 5.79. The molecule has 6 heteroatoms. The van der Waals surface area contributed by atoms with Gasteiger partial charge in [0.1, 0.15) is 5.75 Å². The lowest BCUT2D eigenvalue weighted by Crippen LogP contribution is -2.25. The molecule has 19 heavy (non-hydrogen) atoms. The average Bonchev–Trinajstić information content (AvgIpc) is 2.39. The Morgan fingerprint density at radius 3 is 2.68 bits per heavy atom. The molecule has 1 aliphatic heterocycles. The van der Waals surface area contributed by atoms with E-state index in [-0.39, 0.29) is 11.3 Å². The van der Waals surface area contributed by atoms with Crippen LogP contribution in [0.5, 0.6) is 5.75 Å². The quantitative estimate of drug-likeness (QED) is 0.922. The molecule has 0 spiro atoms. The highest BCUT2D eigenvalue weighted by molar-refractivity contribution is 5.38. The van der Waals surface area contributed by atoms with E-state index in [1.807, 2.05) is 0 Å². The van der Waals surface area contributed by atoms with Crippen LogP contribution >= 0.6 is 0 Å². The van der Waals surface area contributed by atoms with Crippen LogP contribution in [0.25, 0.3) is 0 Å². The van der Waals surface area contributed by atoms with Gasteiger partial charge >= 0.3 is 6.18 Å². The zero-order chi connectivity index (χ0) is 13.9. The highest BCUT2D eigenvalue weighted by atomic mass is 19.4. The summed E-state index contributed by atoms with van der Waals surface area (Å²) in [6.45, 7) is 0.0751. The van der Waals surface area contributed by atoms with E-state index in [1.54, 1.807) is 0 Å². The summed E-state index contributed by atoms with van der Waals surface area (Å²) in [5.41, 5.74) is -0.683. The van der Waals surface area contributed by atoms with Gasteiger partial charge < -0.3 is 14.6 Å². The highest BCUT2D eigenvalue weighted by Crippen LogP contribution is 2.33. The summed E-state index contributed by atoms with van der Waals surface area (Å²) in [5.74, 6) is 0.238. The number of benzene rings is 1. The third kappa shape index (κ3) is 3.61. The number of hydrogen-bond acceptors (Lipinski definition) is 3. The van der Waals surface area contributed by atoms with Gasteiger partial charge in [0.15, 0.2) is 6.29 Å². The van der Waals surface area contributed by atoms with Crippen molar-refractivity contribution in [3.05, 3.63) is 29.3 Å². The molecule has 1 atom stereocenters. The number of hydrogen-bond donors (Lipinski definition) is 1.